The lowest BCUT2D eigenvalue weighted by molar-refractivity contribution is -0.127. The summed E-state index contributed by atoms with van der Waals surface area (Å²) in [6.07, 6.45) is 1.65. The summed E-state index contributed by atoms with van der Waals surface area (Å²) in [4.78, 5) is 34.1. The zero-order valence-corrected chi connectivity index (χ0v) is 22.0. The molecule has 9 heteroatoms. The van der Waals surface area contributed by atoms with Gasteiger partial charge in [0, 0.05) is 28.1 Å². The molecule has 1 atom stereocenters. The van der Waals surface area contributed by atoms with Crippen molar-refractivity contribution in [3.63, 3.8) is 0 Å². The molecule has 1 aromatic heterocycles. The van der Waals surface area contributed by atoms with E-state index in [1.807, 2.05) is 26.0 Å². The molecule has 0 saturated heterocycles. The third-order valence-electron chi connectivity index (χ3n) is 5.76. The molecule has 2 aromatic carbocycles. The van der Waals surface area contributed by atoms with Gasteiger partial charge in [0.15, 0.2) is 4.80 Å². The molecule has 1 aliphatic heterocycles. The first-order valence-corrected chi connectivity index (χ1v) is 12.8. The molecule has 0 spiro atoms. The topological polar surface area (TPSA) is 74.9 Å². The van der Waals surface area contributed by atoms with Crippen molar-refractivity contribution in [1.82, 2.24) is 9.47 Å². The molecule has 0 aliphatic carbocycles. The number of fused-ring (bicyclic) bond motifs is 1. The van der Waals surface area contributed by atoms with Gasteiger partial charge < -0.3 is 10.0 Å². The summed E-state index contributed by atoms with van der Waals surface area (Å²) >= 11 is 10.8. The van der Waals surface area contributed by atoms with E-state index in [9.17, 15) is 14.7 Å². The molecule has 3 aromatic rings. The Morgan fingerprint density at radius 1 is 1.24 bits per heavy atom. The van der Waals surface area contributed by atoms with Crippen LogP contribution in [-0.2, 0) is 4.79 Å². The van der Waals surface area contributed by atoms with Gasteiger partial charge in [-0.15, -0.1) is 0 Å². The van der Waals surface area contributed by atoms with E-state index in [1.165, 1.54) is 11.3 Å². The van der Waals surface area contributed by atoms with E-state index in [0.29, 0.717) is 44.3 Å². The van der Waals surface area contributed by atoms with Crippen LogP contribution in [0.3, 0.4) is 0 Å². The van der Waals surface area contributed by atoms with E-state index in [2.05, 4.69) is 20.9 Å². The van der Waals surface area contributed by atoms with Crippen molar-refractivity contribution in [3.05, 3.63) is 94.0 Å². The number of hydrogen-bond acceptors (Lipinski definition) is 5. The minimum atomic E-state index is -0.639. The maximum Gasteiger partial charge on any atom is 0.271 e. The largest absolute Gasteiger partial charge is 0.507 e. The second-order valence-electron chi connectivity index (χ2n) is 7.81. The summed E-state index contributed by atoms with van der Waals surface area (Å²) in [6.45, 7) is 6.75. The fourth-order valence-corrected chi connectivity index (χ4v) is 5.56. The number of aromatic hydroxyl groups is 1. The molecule has 1 aliphatic rings. The molecule has 0 fully saturated rings. The smallest absolute Gasteiger partial charge is 0.271 e. The van der Waals surface area contributed by atoms with Crippen molar-refractivity contribution < 1.29 is 9.90 Å². The van der Waals surface area contributed by atoms with Crippen molar-refractivity contribution in [3.8, 4) is 5.75 Å². The number of amides is 1. The minimum absolute atomic E-state index is 0.0665. The Hall–Kier alpha value is -2.68. The number of allylic oxidation sites excluding steroid dienone is 1. The molecule has 176 valence electrons. The van der Waals surface area contributed by atoms with E-state index in [4.69, 9.17) is 11.6 Å². The summed E-state index contributed by atoms with van der Waals surface area (Å²) in [7, 11) is 0. The van der Waals surface area contributed by atoms with E-state index in [-0.39, 0.29) is 17.2 Å². The van der Waals surface area contributed by atoms with Gasteiger partial charge in [-0.1, -0.05) is 51.0 Å². The van der Waals surface area contributed by atoms with Crippen molar-refractivity contribution in [2.45, 2.75) is 26.8 Å². The number of nitrogens with zero attached hydrogens (tertiary/aromatic N) is 3. The number of phenols is 1. The van der Waals surface area contributed by atoms with Crippen LogP contribution >= 0.6 is 38.9 Å². The standard InChI is InChI=1S/C25H23BrClN3O3S/c1-4-29(5-2)24(33)21-14(3)28-25-30(22(21)15-6-9-18(27)10-7-15)23(32)20(34-25)13-16-12-17(26)8-11-19(16)31/h6-13,22,31H,4-5H2,1-3H3/b20-13+/t22-/m1/s1. The average molecular weight is 561 g/mol. The Labute approximate surface area is 214 Å². The third kappa shape index (κ3) is 4.50. The normalized spacial score (nSPS) is 15.8. The van der Waals surface area contributed by atoms with Crippen LogP contribution in [0, 0.1) is 0 Å². The molecular weight excluding hydrogens is 538 g/mol. The highest BCUT2D eigenvalue weighted by molar-refractivity contribution is 9.10. The average Bonchev–Trinajstić information content (AvgIpc) is 3.11. The molecular formula is C25H23BrClN3O3S. The Kier molecular flexibility index (Phi) is 7.12. The highest BCUT2D eigenvalue weighted by atomic mass is 79.9. The number of likely N-dealkylation sites (N-methyl/N-ethyl adjacent to an activating group) is 1. The fourth-order valence-electron chi connectivity index (χ4n) is 4.02. The molecule has 0 bridgehead atoms. The van der Waals surface area contributed by atoms with Crippen LogP contribution in [0.25, 0.3) is 6.08 Å². The Morgan fingerprint density at radius 3 is 2.56 bits per heavy atom. The van der Waals surface area contributed by atoms with Crippen molar-refractivity contribution in [2.75, 3.05) is 13.1 Å². The second kappa shape index (κ2) is 9.90. The Bertz CT molecular complexity index is 1470. The van der Waals surface area contributed by atoms with Gasteiger partial charge in [0.05, 0.1) is 21.8 Å². The lowest BCUT2D eigenvalue weighted by Crippen LogP contribution is -2.43. The summed E-state index contributed by atoms with van der Waals surface area (Å²) in [5.74, 6) is -0.0815. The summed E-state index contributed by atoms with van der Waals surface area (Å²) in [6, 6.07) is 11.6. The summed E-state index contributed by atoms with van der Waals surface area (Å²) < 4.78 is 2.76. The van der Waals surface area contributed by atoms with Gasteiger partial charge in [0.1, 0.15) is 5.75 Å². The van der Waals surface area contributed by atoms with Crippen molar-refractivity contribution in [2.24, 2.45) is 4.99 Å². The van der Waals surface area contributed by atoms with E-state index >= 15 is 0 Å². The number of benzene rings is 2. The number of phenolic OH excluding ortho intramolecular Hbond substituents is 1. The highest BCUT2D eigenvalue weighted by Crippen LogP contribution is 2.32. The van der Waals surface area contributed by atoms with Gasteiger partial charge >= 0.3 is 0 Å². The Morgan fingerprint density at radius 2 is 1.91 bits per heavy atom. The van der Waals surface area contributed by atoms with Crippen molar-refractivity contribution in [1.29, 1.82) is 0 Å². The first kappa shape index (κ1) is 24.4. The van der Waals surface area contributed by atoms with E-state index in [0.717, 1.165) is 10.0 Å². The number of thiazole rings is 1. The second-order valence-corrected chi connectivity index (χ2v) is 10.2. The summed E-state index contributed by atoms with van der Waals surface area (Å²) in [5, 5.41) is 10.8. The maximum atomic E-state index is 13.7. The highest BCUT2D eigenvalue weighted by Gasteiger charge is 2.34. The molecule has 2 heterocycles. The first-order chi connectivity index (χ1) is 16.2. The van der Waals surface area contributed by atoms with Crippen molar-refractivity contribution >= 4 is 50.9 Å². The van der Waals surface area contributed by atoms with Crippen LogP contribution in [0.1, 0.15) is 37.9 Å². The molecule has 0 radical (unpaired) electrons. The van der Waals surface area contributed by atoms with Crippen LogP contribution < -0.4 is 14.9 Å². The molecule has 0 unspecified atom stereocenters. The quantitative estimate of drug-likeness (QED) is 0.508. The predicted octanol–water partition coefficient (Wildman–Crippen LogP) is 4.23. The maximum absolute atomic E-state index is 13.7. The number of carbonyl (C=O) groups excluding carboxylic acids is 1. The third-order valence-corrected chi connectivity index (χ3v) is 7.49. The number of halogens is 2. The van der Waals surface area contributed by atoms with Crippen LogP contribution in [0.5, 0.6) is 5.75 Å². The van der Waals surface area contributed by atoms with Gasteiger partial charge in [0.25, 0.3) is 11.5 Å². The zero-order chi connectivity index (χ0) is 24.6. The first-order valence-electron chi connectivity index (χ1n) is 10.8. The molecule has 0 saturated carbocycles. The van der Waals surface area contributed by atoms with Gasteiger partial charge in [-0.2, -0.15) is 0 Å². The number of aromatic nitrogens is 1. The van der Waals surface area contributed by atoms with Crippen LogP contribution in [-0.4, -0.2) is 33.6 Å². The van der Waals surface area contributed by atoms with Gasteiger partial charge in [-0.3, -0.25) is 14.2 Å². The SMILES string of the molecule is CCN(CC)C(=O)C1=C(C)N=c2s/c(=C/c3cc(Br)ccc3O)c(=O)n2[C@@H]1c1ccc(Cl)cc1. The van der Waals surface area contributed by atoms with Crippen LogP contribution in [0.15, 0.2) is 68.0 Å². The number of rotatable bonds is 5. The minimum Gasteiger partial charge on any atom is -0.507 e. The van der Waals surface area contributed by atoms with Gasteiger partial charge in [-0.25, -0.2) is 4.99 Å². The molecule has 34 heavy (non-hydrogen) atoms. The van der Waals surface area contributed by atoms with E-state index in [1.54, 1.807) is 52.8 Å². The molecule has 6 nitrogen and oxygen atoms in total. The zero-order valence-electron chi connectivity index (χ0n) is 18.9. The van der Waals surface area contributed by atoms with Gasteiger partial charge in [0.2, 0.25) is 0 Å². The van der Waals surface area contributed by atoms with Crippen LogP contribution in [0.2, 0.25) is 5.02 Å². The molecule has 1 N–H and O–H groups in total. The number of carbonyl (C=O) groups is 1. The van der Waals surface area contributed by atoms with E-state index < -0.39 is 6.04 Å². The van der Waals surface area contributed by atoms with Crippen LogP contribution in [0.4, 0.5) is 0 Å². The Balaban J connectivity index is 1.98. The lowest BCUT2D eigenvalue weighted by Gasteiger charge is -2.29. The summed E-state index contributed by atoms with van der Waals surface area (Å²) in [5.41, 5.74) is 2.05. The molecule has 4 rings (SSSR count). The number of hydrogen-bond donors (Lipinski definition) is 1. The lowest BCUT2D eigenvalue weighted by atomic mass is 9.94. The monoisotopic (exact) mass is 559 g/mol. The molecule has 1 amide bonds. The predicted molar refractivity (Wildman–Crippen MR) is 139 cm³/mol. The van der Waals surface area contributed by atoms with Gasteiger partial charge in [-0.05, 0) is 62.7 Å². The fraction of sp³-hybridized carbons (Fsp3) is 0.240.